The van der Waals surface area contributed by atoms with Crippen LogP contribution in [0.1, 0.15) is 28.4 Å². The van der Waals surface area contributed by atoms with Crippen LogP contribution in [-0.4, -0.2) is 16.2 Å². The zero-order chi connectivity index (χ0) is 10.7. The Labute approximate surface area is 87.0 Å². The number of Topliss-reactive ketones (excluding diaryl/α,β-unsaturated/α-hetero) is 1. The monoisotopic (exact) mass is 211 g/mol. The van der Waals surface area contributed by atoms with Gasteiger partial charge in [-0.05, 0) is 19.9 Å². The van der Waals surface area contributed by atoms with Crippen LogP contribution in [0.15, 0.2) is 23.4 Å². The fourth-order valence-corrected chi connectivity index (χ4v) is 1.35. The number of rotatable bonds is 2. The maximum atomic E-state index is 11.2. The maximum Gasteiger partial charge on any atom is 0.176 e. The highest BCUT2D eigenvalue weighted by Gasteiger charge is 2.11. The van der Waals surface area contributed by atoms with Crippen LogP contribution in [0.2, 0.25) is 0 Å². The molecule has 0 saturated heterocycles. The summed E-state index contributed by atoms with van der Waals surface area (Å²) in [6.45, 7) is 3.32. The number of benzene rings is 1. The predicted octanol–water partition coefficient (Wildman–Crippen LogP) is 2.57. The van der Waals surface area contributed by atoms with Crippen LogP contribution >= 0.6 is 11.6 Å². The van der Waals surface area contributed by atoms with E-state index in [-0.39, 0.29) is 11.0 Å². The zero-order valence-electron chi connectivity index (χ0n) is 7.91. The van der Waals surface area contributed by atoms with Crippen molar-refractivity contribution in [2.45, 2.75) is 13.8 Å². The molecule has 3 nitrogen and oxygen atoms in total. The first-order chi connectivity index (χ1) is 6.56. The summed E-state index contributed by atoms with van der Waals surface area (Å²) in [5.41, 5.74) is 1.88. The average Bonchev–Trinajstić information content (AvgIpc) is 2.16. The molecule has 4 heteroatoms. The van der Waals surface area contributed by atoms with Crippen molar-refractivity contribution in [1.82, 2.24) is 0 Å². The summed E-state index contributed by atoms with van der Waals surface area (Å²) in [5, 5.41) is 11.3. The normalized spacial score (nSPS) is 11.5. The second kappa shape index (κ2) is 4.24. The minimum absolute atomic E-state index is 0.0739. The Morgan fingerprint density at radius 3 is 2.57 bits per heavy atom. The molecule has 0 bridgehead atoms. The van der Waals surface area contributed by atoms with Gasteiger partial charge < -0.3 is 5.21 Å². The molecular weight excluding hydrogens is 202 g/mol. The minimum atomic E-state index is -0.106. The molecule has 1 aromatic rings. The van der Waals surface area contributed by atoms with Gasteiger partial charge in [0, 0.05) is 11.1 Å². The molecule has 0 aliphatic carbocycles. The number of carbonyl (C=O) groups excluding carboxylic acids is 1. The molecule has 0 spiro atoms. The molecule has 0 aromatic heterocycles. The van der Waals surface area contributed by atoms with Crippen molar-refractivity contribution in [3.05, 3.63) is 34.9 Å². The molecule has 1 rings (SSSR count). The van der Waals surface area contributed by atoms with Gasteiger partial charge in [-0.2, -0.15) is 0 Å². The average molecular weight is 212 g/mol. The Bertz CT molecular complexity index is 399. The first kappa shape index (κ1) is 10.7. The summed E-state index contributed by atoms with van der Waals surface area (Å²) in [5.74, 6) is -0.106. The van der Waals surface area contributed by atoms with Gasteiger partial charge in [-0.25, -0.2) is 0 Å². The van der Waals surface area contributed by atoms with Gasteiger partial charge in [-0.3, -0.25) is 4.79 Å². The van der Waals surface area contributed by atoms with Crippen LogP contribution in [0, 0.1) is 6.92 Å². The lowest BCUT2D eigenvalue weighted by molar-refractivity contribution is 0.101. The molecule has 0 atom stereocenters. The van der Waals surface area contributed by atoms with Gasteiger partial charge in [0.05, 0.1) is 0 Å². The SMILES string of the molecule is CC(=O)c1cc(C)ccc1C(Cl)=NO. The van der Waals surface area contributed by atoms with Crippen LogP contribution in [0.25, 0.3) is 0 Å². The molecule has 0 saturated carbocycles. The molecule has 14 heavy (non-hydrogen) atoms. The molecule has 0 heterocycles. The number of hydrogen-bond donors (Lipinski definition) is 1. The van der Waals surface area contributed by atoms with Crippen molar-refractivity contribution < 1.29 is 10.0 Å². The van der Waals surface area contributed by atoms with E-state index in [9.17, 15) is 4.79 Å². The highest BCUT2D eigenvalue weighted by Crippen LogP contribution is 2.15. The topological polar surface area (TPSA) is 49.7 Å². The highest BCUT2D eigenvalue weighted by molar-refractivity contribution is 6.69. The van der Waals surface area contributed by atoms with E-state index in [2.05, 4.69) is 5.16 Å². The van der Waals surface area contributed by atoms with Crippen LogP contribution < -0.4 is 0 Å². The number of ketones is 1. The van der Waals surface area contributed by atoms with Crippen molar-refractivity contribution in [1.29, 1.82) is 0 Å². The first-order valence-electron chi connectivity index (χ1n) is 4.05. The van der Waals surface area contributed by atoms with Crippen LogP contribution in [0.3, 0.4) is 0 Å². The number of carbonyl (C=O) groups is 1. The smallest absolute Gasteiger partial charge is 0.176 e. The summed E-state index contributed by atoms with van der Waals surface area (Å²) >= 11 is 5.64. The number of hydrogen-bond acceptors (Lipinski definition) is 3. The van der Waals surface area contributed by atoms with Gasteiger partial charge in [-0.1, -0.05) is 34.5 Å². The summed E-state index contributed by atoms with van der Waals surface area (Å²) < 4.78 is 0. The van der Waals surface area contributed by atoms with E-state index in [1.54, 1.807) is 18.2 Å². The Balaban J connectivity index is 3.36. The molecule has 0 aliphatic rings. The molecule has 0 amide bonds. The first-order valence-corrected chi connectivity index (χ1v) is 4.43. The van der Waals surface area contributed by atoms with Gasteiger partial charge in [0.2, 0.25) is 0 Å². The van der Waals surface area contributed by atoms with Gasteiger partial charge in [0.15, 0.2) is 11.0 Å². The third-order valence-electron chi connectivity index (χ3n) is 1.86. The standard InChI is InChI=1S/C10H10ClNO2/c1-6-3-4-8(10(11)12-14)9(5-6)7(2)13/h3-5,14H,1-2H3. The summed E-state index contributed by atoms with van der Waals surface area (Å²) in [7, 11) is 0. The van der Waals surface area contributed by atoms with E-state index in [0.717, 1.165) is 5.56 Å². The molecule has 1 aromatic carbocycles. The van der Waals surface area contributed by atoms with Gasteiger partial charge in [0.1, 0.15) is 0 Å². The van der Waals surface area contributed by atoms with E-state index < -0.39 is 0 Å². The third-order valence-corrected chi connectivity index (χ3v) is 2.14. The van der Waals surface area contributed by atoms with Gasteiger partial charge in [0.25, 0.3) is 0 Å². The van der Waals surface area contributed by atoms with Crippen LogP contribution in [0.4, 0.5) is 0 Å². The summed E-state index contributed by atoms with van der Waals surface area (Å²) in [4.78, 5) is 11.2. The molecular formula is C10H10ClNO2. The Kier molecular flexibility index (Phi) is 3.25. The van der Waals surface area contributed by atoms with Crippen molar-refractivity contribution in [3.8, 4) is 0 Å². The third kappa shape index (κ3) is 2.12. The second-order valence-electron chi connectivity index (χ2n) is 3.00. The van der Waals surface area contributed by atoms with Crippen molar-refractivity contribution in [2.24, 2.45) is 5.16 Å². The lowest BCUT2D eigenvalue weighted by Crippen LogP contribution is -2.03. The van der Waals surface area contributed by atoms with E-state index in [1.165, 1.54) is 6.92 Å². The lowest BCUT2D eigenvalue weighted by atomic mass is 10.0. The van der Waals surface area contributed by atoms with Crippen molar-refractivity contribution in [3.63, 3.8) is 0 Å². The van der Waals surface area contributed by atoms with Crippen LogP contribution in [0.5, 0.6) is 0 Å². The number of nitrogens with zero attached hydrogens (tertiary/aromatic N) is 1. The molecule has 0 radical (unpaired) electrons. The minimum Gasteiger partial charge on any atom is -0.410 e. The molecule has 74 valence electrons. The van der Waals surface area contributed by atoms with E-state index in [0.29, 0.717) is 11.1 Å². The number of aryl methyl sites for hydroxylation is 1. The van der Waals surface area contributed by atoms with E-state index in [1.807, 2.05) is 6.92 Å². The van der Waals surface area contributed by atoms with Crippen LogP contribution in [-0.2, 0) is 0 Å². The van der Waals surface area contributed by atoms with Gasteiger partial charge in [-0.15, -0.1) is 0 Å². The largest absolute Gasteiger partial charge is 0.410 e. The Hall–Kier alpha value is -1.35. The Morgan fingerprint density at radius 1 is 1.43 bits per heavy atom. The number of oxime groups is 1. The Morgan fingerprint density at radius 2 is 2.07 bits per heavy atom. The predicted molar refractivity (Wildman–Crippen MR) is 55.4 cm³/mol. The molecule has 1 N–H and O–H groups in total. The zero-order valence-corrected chi connectivity index (χ0v) is 8.67. The summed E-state index contributed by atoms with van der Waals surface area (Å²) in [6, 6.07) is 5.18. The molecule has 0 unspecified atom stereocenters. The second-order valence-corrected chi connectivity index (χ2v) is 3.35. The fourth-order valence-electron chi connectivity index (χ4n) is 1.18. The molecule has 0 aliphatic heterocycles. The number of halogens is 1. The van der Waals surface area contributed by atoms with E-state index >= 15 is 0 Å². The van der Waals surface area contributed by atoms with Crippen molar-refractivity contribution >= 4 is 22.6 Å². The van der Waals surface area contributed by atoms with Crippen molar-refractivity contribution in [2.75, 3.05) is 0 Å². The summed E-state index contributed by atoms with van der Waals surface area (Å²) in [6.07, 6.45) is 0. The molecule has 0 fully saturated rings. The van der Waals surface area contributed by atoms with Gasteiger partial charge >= 0.3 is 0 Å². The van der Waals surface area contributed by atoms with E-state index in [4.69, 9.17) is 16.8 Å². The quantitative estimate of drug-likeness (QED) is 0.354. The highest BCUT2D eigenvalue weighted by atomic mass is 35.5. The fraction of sp³-hybridized carbons (Fsp3) is 0.200. The maximum absolute atomic E-state index is 11.2. The lowest BCUT2D eigenvalue weighted by Gasteiger charge is -2.04.